The van der Waals surface area contributed by atoms with Crippen LogP contribution in [0.2, 0.25) is 0 Å². The monoisotopic (exact) mass is 343 g/mol. The van der Waals surface area contributed by atoms with Gasteiger partial charge in [0, 0.05) is 7.11 Å². The fraction of sp³-hybridized carbons (Fsp3) is 0.800. The van der Waals surface area contributed by atoms with Gasteiger partial charge in [-0.15, -0.1) is 0 Å². The third-order valence-electron chi connectivity index (χ3n) is 4.11. The molecule has 0 amide bonds. The molecule has 5 heteroatoms. The lowest BCUT2D eigenvalue weighted by Crippen LogP contribution is -2.29. The first-order valence-corrected chi connectivity index (χ1v) is 8.49. The molecule has 1 heterocycles. The lowest BCUT2D eigenvalue weighted by molar-refractivity contribution is 0.180. The van der Waals surface area contributed by atoms with Crippen LogP contribution in [-0.4, -0.2) is 30.0 Å². The van der Waals surface area contributed by atoms with Gasteiger partial charge in [0.15, 0.2) is 0 Å². The Labute approximate surface area is 130 Å². The van der Waals surface area contributed by atoms with Gasteiger partial charge in [-0.3, -0.25) is 4.68 Å². The molecule has 1 saturated carbocycles. The van der Waals surface area contributed by atoms with Crippen LogP contribution in [0.1, 0.15) is 50.8 Å². The van der Waals surface area contributed by atoms with Gasteiger partial charge < -0.3 is 10.1 Å². The van der Waals surface area contributed by atoms with E-state index >= 15 is 0 Å². The maximum absolute atomic E-state index is 5.19. The number of ether oxygens (including phenoxy) is 1. The summed E-state index contributed by atoms with van der Waals surface area (Å²) in [6.07, 6.45) is 8.45. The molecule has 1 aliphatic carbocycles. The number of aromatic nitrogens is 2. The summed E-state index contributed by atoms with van der Waals surface area (Å²) < 4.78 is 8.38. The number of hydrogen-bond acceptors (Lipinski definition) is 3. The highest BCUT2D eigenvalue weighted by atomic mass is 79.9. The van der Waals surface area contributed by atoms with E-state index in [9.17, 15) is 0 Å². The number of nitrogens with zero attached hydrogens (tertiary/aromatic N) is 2. The maximum atomic E-state index is 5.19. The van der Waals surface area contributed by atoms with Crippen molar-refractivity contribution in [1.82, 2.24) is 15.1 Å². The van der Waals surface area contributed by atoms with Gasteiger partial charge in [0.05, 0.1) is 35.6 Å². The molecule has 0 saturated heterocycles. The van der Waals surface area contributed by atoms with E-state index < -0.39 is 0 Å². The first-order chi connectivity index (χ1) is 9.76. The number of nitrogens with one attached hydrogen (secondary N) is 1. The molecule has 0 aromatic carbocycles. The fourth-order valence-electron chi connectivity index (χ4n) is 2.75. The van der Waals surface area contributed by atoms with E-state index in [2.05, 4.69) is 38.0 Å². The van der Waals surface area contributed by atoms with Gasteiger partial charge in [0.2, 0.25) is 0 Å². The summed E-state index contributed by atoms with van der Waals surface area (Å²) >= 11 is 3.67. The van der Waals surface area contributed by atoms with Gasteiger partial charge in [-0.2, -0.15) is 5.10 Å². The minimum absolute atomic E-state index is 0.397. The van der Waals surface area contributed by atoms with Crippen molar-refractivity contribution >= 4 is 15.9 Å². The standard InChI is InChI=1S/C15H26BrN3O/c1-3-7-17-14(10-12-5-4-6-12)15-13(16)11-18-19(15)8-9-20-2/h11-12,14,17H,3-10H2,1-2H3. The fourth-order valence-corrected chi connectivity index (χ4v) is 3.32. The Balaban J connectivity index is 2.10. The van der Waals surface area contributed by atoms with Gasteiger partial charge >= 0.3 is 0 Å². The van der Waals surface area contributed by atoms with Crippen molar-refractivity contribution in [3.63, 3.8) is 0 Å². The molecule has 0 bridgehead atoms. The van der Waals surface area contributed by atoms with Crippen LogP contribution in [0.5, 0.6) is 0 Å². The van der Waals surface area contributed by atoms with Crippen LogP contribution in [0, 0.1) is 5.92 Å². The molecule has 2 rings (SSSR count). The van der Waals surface area contributed by atoms with Crippen LogP contribution in [0.25, 0.3) is 0 Å². The van der Waals surface area contributed by atoms with Crippen molar-refractivity contribution in [1.29, 1.82) is 0 Å². The lowest BCUT2D eigenvalue weighted by atomic mass is 9.80. The summed E-state index contributed by atoms with van der Waals surface area (Å²) in [5.41, 5.74) is 1.28. The summed E-state index contributed by atoms with van der Waals surface area (Å²) in [7, 11) is 1.74. The molecule has 1 atom stereocenters. The Morgan fingerprint density at radius 2 is 2.35 bits per heavy atom. The average Bonchev–Trinajstić information content (AvgIpc) is 2.76. The third kappa shape index (κ3) is 4.06. The van der Waals surface area contributed by atoms with Gasteiger partial charge in [0.25, 0.3) is 0 Å². The summed E-state index contributed by atoms with van der Waals surface area (Å²) in [6.45, 7) is 4.78. The molecule has 1 N–H and O–H groups in total. The SMILES string of the molecule is CCCNC(CC1CCC1)c1c(Br)cnn1CCOC. The Bertz CT molecular complexity index is 404. The smallest absolute Gasteiger partial charge is 0.0696 e. The summed E-state index contributed by atoms with van der Waals surface area (Å²) in [5, 5.41) is 8.18. The molecule has 4 nitrogen and oxygen atoms in total. The molecule has 1 unspecified atom stereocenters. The van der Waals surface area contributed by atoms with Crippen LogP contribution in [0.15, 0.2) is 10.7 Å². The summed E-state index contributed by atoms with van der Waals surface area (Å²) in [6, 6.07) is 0.397. The molecule has 0 radical (unpaired) electrons. The van der Waals surface area contributed by atoms with Crippen molar-refractivity contribution in [3.05, 3.63) is 16.4 Å². The van der Waals surface area contributed by atoms with E-state index in [1.807, 2.05) is 6.20 Å². The Hall–Kier alpha value is -0.390. The Kier molecular flexibility index (Phi) is 6.52. The molecular weight excluding hydrogens is 318 g/mol. The average molecular weight is 344 g/mol. The molecule has 1 aliphatic rings. The second kappa shape index (κ2) is 8.15. The van der Waals surface area contributed by atoms with E-state index in [0.717, 1.165) is 29.9 Å². The van der Waals surface area contributed by atoms with E-state index in [1.54, 1.807) is 7.11 Å². The predicted molar refractivity (Wildman–Crippen MR) is 84.8 cm³/mol. The molecule has 1 aromatic heterocycles. The highest BCUT2D eigenvalue weighted by Gasteiger charge is 2.26. The molecule has 0 aliphatic heterocycles. The number of methoxy groups -OCH3 is 1. The van der Waals surface area contributed by atoms with Crippen LogP contribution < -0.4 is 5.32 Å². The van der Waals surface area contributed by atoms with Crippen LogP contribution in [0.4, 0.5) is 0 Å². The highest BCUT2D eigenvalue weighted by Crippen LogP contribution is 2.36. The topological polar surface area (TPSA) is 39.1 Å². The minimum atomic E-state index is 0.397. The van der Waals surface area contributed by atoms with Gasteiger partial charge in [-0.1, -0.05) is 26.2 Å². The highest BCUT2D eigenvalue weighted by molar-refractivity contribution is 9.10. The quantitative estimate of drug-likeness (QED) is 0.745. The van der Waals surface area contributed by atoms with Crippen LogP contribution >= 0.6 is 15.9 Å². The second-order valence-electron chi connectivity index (χ2n) is 5.63. The van der Waals surface area contributed by atoms with Crippen LogP contribution in [-0.2, 0) is 11.3 Å². The van der Waals surface area contributed by atoms with Crippen molar-refractivity contribution in [2.45, 2.75) is 51.6 Å². The molecule has 0 spiro atoms. The normalized spacial score (nSPS) is 17.1. The largest absolute Gasteiger partial charge is 0.383 e. The zero-order chi connectivity index (χ0) is 14.4. The lowest BCUT2D eigenvalue weighted by Gasteiger charge is -2.31. The summed E-state index contributed by atoms with van der Waals surface area (Å²) in [5.74, 6) is 0.877. The predicted octanol–water partition coefficient (Wildman–Crippen LogP) is 3.52. The van der Waals surface area contributed by atoms with E-state index in [0.29, 0.717) is 12.6 Å². The first kappa shape index (κ1) is 16.0. The van der Waals surface area contributed by atoms with Gasteiger partial charge in [0.1, 0.15) is 0 Å². The molecule has 1 fully saturated rings. The maximum Gasteiger partial charge on any atom is 0.0696 e. The third-order valence-corrected chi connectivity index (χ3v) is 4.72. The molecule has 1 aromatic rings. The van der Waals surface area contributed by atoms with E-state index in [4.69, 9.17) is 4.74 Å². The molecule has 20 heavy (non-hydrogen) atoms. The van der Waals surface area contributed by atoms with Gasteiger partial charge in [-0.05, 0) is 41.2 Å². The number of rotatable bonds is 9. The van der Waals surface area contributed by atoms with E-state index in [1.165, 1.54) is 31.4 Å². The van der Waals surface area contributed by atoms with Crippen LogP contribution in [0.3, 0.4) is 0 Å². The van der Waals surface area contributed by atoms with Crippen molar-refractivity contribution in [2.75, 3.05) is 20.3 Å². The van der Waals surface area contributed by atoms with Crippen molar-refractivity contribution in [3.8, 4) is 0 Å². The van der Waals surface area contributed by atoms with Gasteiger partial charge in [-0.25, -0.2) is 0 Å². The minimum Gasteiger partial charge on any atom is -0.383 e. The Morgan fingerprint density at radius 3 is 2.95 bits per heavy atom. The van der Waals surface area contributed by atoms with E-state index in [-0.39, 0.29) is 0 Å². The summed E-state index contributed by atoms with van der Waals surface area (Å²) in [4.78, 5) is 0. The number of hydrogen-bond donors (Lipinski definition) is 1. The zero-order valence-electron chi connectivity index (χ0n) is 12.6. The van der Waals surface area contributed by atoms with Crippen molar-refractivity contribution in [2.24, 2.45) is 5.92 Å². The molecule has 114 valence electrons. The Morgan fingerprint density at radius 1 is 1.55 bits per heavy atom. The van der Waals surface area contributed by atoms with Crippen molar-refractivity contribution < 1.29 is 4.74 Å². The first-order valence-electron chi connectivity index (χ1n) is 7.69. The number of halogens is 1. The second-order valence-corrected chi connectivity index (χ2v) is 6.49. The molecular formula is C15H26BrN3O. The zero-order valence-corrected chi connectivity index (χ0v) is 14.2.